The van der Waals surface area contributed by atoms with E-state index in [9.17, 15) is 4.39 Å². The third kappa shape index (κ3) is 2.31. The summed E-state index contributed by atoms with van der Waals surface area (Å²) in [6.45, 7) is 7.65. The van der Waals surface area contributed by atoms with Gasteiger partial charge in [-0.15, -0.1) is 0 Å². The van der Waals surface area contributed by atoms with Crippen LogP contribution in [0.4, 0.5) is 4.39 Å². The first-order valence-corrected chi connectivity index (χ1v) is 6.84. The minimum atomic E-state index is -0.431. The molecule has 1 heterocycles. The van der Waals surface area contributed by atoms with Crippen molar-refractivity contribution < 1.29 is 4.39 Å². The normalized spacial score (nSPS) is 23.0. The van der Waals surface area contributed by atoms with Crippen LogP contribution in [0.3, 0.4) is 0 Å². The summed E-state index contributed by atoms with van der Waals surface area (Å²) in [5, 5.41) is 0. The van der Waals surface area contributed by atoms with Gasteiger partial charge in [0, 0.05) is 12.1 Å². The fourth-order valence-corrected chi connectivity index (χ4v) is 2.80. The van der Waals surface area contributed by atoms with Crippen LogP contribution in [0.1, 0.15) is 32.8 Å². The van der Waals surface area contributed by atoms with Gasteiger partial charge in [0.1, 0.15) is 5.82 Å². The van der Waals surface area contributed by atoms with Crippen LogP contribution in [-0.2, 0) is 5.54 Å². The number of hydrogen-bond donors (Lipinski definition) is 1. The third-order valence-corrected chi connectivity index (χ3v) is 3.80. The molecule has 2 rings (SSSR count). The van der Waals surface area contributed by atoms with Crippen LogP contribution in [0.2, 0.25) is 0 Å². The molecule has 0 fully saturated rings. The van der Waals surface area contributed by atoms with Crippen molar-refractivity contribution >= 4 is 5.96 Å². The van der Waals surface area contributed by atoms with Crippen LogP contribution in [-0.4, -0.2) is 23.9 Å². The van der Waals surface area contributed by atoms with Crippen molar-refractivity contribution in [3.8, 4) is 0 Å². The summed E-state index contributed by atoms with van der Waals surface area (Å²) in [6, 6.07) is 6.95. The Hall–Kier alpha value is -1.58. The molecule has 2 N–H and O–H groups in total. The van der Waals surface area contributed by atoms with Gasteiger partial charge in [-0.05, 0) is 18.4 Å². The average Bonchev–Trinajstić information content (AvgIpc) is 2.68. The molecular weight excluding hydrogens is 241 g/mol. The van der Waals surface area contributed by atoms with Gasteiger partial charge < -0.3 is 10.6 Å². The van der Waals surface area contributed by atoms with Gasteiger partial charge in [-0.25, -0.2) is 4.39 Å². The number of rotatable bonds is 4. The molecule has 1 aliphatic heterocycles. The molecule has 0 saturated heterocycles. The molecule has 1 aromatic carbocycles. The molecular formula is C15H22FN3. The molecule has 19 heavy (non-hydrogen) atoms. The largest absolute Gasteiger partial charge is 0.370 e. The smallest absolute Gasteiger partial charge is 0.192 e. The van der Waals surface area contributed by atoms with Gasteiger partial charge in [0.05, 0.1) is 12.1 Å². The van der Waals surface area contributed by atoms with E-state index in [1.807, 2.05) is 12.1 Å². The molecule has 1 aromatic rings. The first kappa shape index (κ1) is 13.8. The highest BCUT2D eigenvalue weighted by molar-refractivity contribution is 5.81. The lowest BCUT2D eigenvalue weighted by molar-refractivity contribution is 0.171. The average molecular weight is 263 g/mol. The Morgan fingerprint density at radius 2 is 2.11 bits per heavy atom. The van der Waals surface area contributed by atoms with E-state index in [-0.39, 0.29) is 5.82 Å². The highest BCUT2D eigenvalue weighted by Gasteiger charge is 2.43. The molecule has 0 aliphatic carbocycles. The Labute approximate surface area is 114 Å². The minimum Gasteiger partial charge on any atom is -0.370 e. The number of aliphatic imine (C=N–C) groups is 1. The third-order valence-electron chi connectivity index (χ3n) is 3.80. The maximum atomic E-state index is 14.2. The van der Waals surface area contributed by atoms with E-state index in [2.05, 4.69) is 30.7 Å². The maximum Gasteiger partial charge on any atom is 0.192 e. The second-order valence-corrected chi connectivity index (χ2v) is 5.54. The van der Waals surface area contributed by atoms with Crippen molar-refractivity contribution in [2.45, 2.75) is 32.7 Å². The Morgan fingerprint density at radius 1 is 1.42 bits per heavy atom. The summed E-state index contributed by atoms with van der Waals surface area (Å²) in [5.74, 6) is 0.798. The Bertz CT molecular complexity index is 484. The molecule has 0 aromatic heterocycles. The van der Waals surface area contributed by atoms with Gasteiger partial charge in [-0.3, -0.25) is 4.99 Å². The Kier molecular flexibility index (Phi) is 3.78. The molecule has 1 aliphatic rings. The summed E-state index contributed by atoms with van der Waals surface area (Å²) in [5.41, 5.74) is 6.29. The molecule has 0 amide bonds. The molecule has 0 spiro atoms. The molecule has 0 saturated carbocycles. The van der Waals surface area contributed by atoms with Gasteiger partial charge in [0.25, 0.3) is 0 Å². The molecule has 1 unspecified atom stereocenters. The molecule has 0 radical (unpaired) electrons. The van der Waals surface area contributed by atoms with E-state index in [0.29, 0.717) is 24.0 Å². The van der Waals surface area contributed by atoms with Gasteiger partial charge in [0.15, 0.2) is 5.96 Å². The summed E-state index contributed by atoms with van der Waals surface area (Å²) < 4.78 is 14.2. The summed E-state index contributed by atoms with van der Waals surface area (Å²) in [7, 11) is 0. The van der Waals surface area contributed by atoms with Crippen molar-refractivity contribution in [2.75, 3.05) is 13.1 Å². The van der Waals surface area contributed by atoms with E-state index in [1.54, 1.807) is 6.07 Å². The van der Waals surface area contributed by atoms with Crippen LogP contribution in [0.5, 0.6) is 0 Å². The topological polar surface area (TPSA) is 41.6 Å². The number of guanidine groups is 1. The van der Waals surface area contributed by atoms with Gasteiger partial charge in [-0.1, -0.05) is 39.0 Å². The molecule has 4 heteroatoms. The number of benzene rings is 1. The van der Waals surface area contributed by atoms with Crippen LogP contribution >= 0.6 is 0 Å². The Balaban J connectivity index is 2.45. The standard InChI is InChI=1S/C15H22FN3/c1-4-15(12-7-5-6-8-13(12)16)10-18-14(17)19(15)9-11(2)3/h5-8,11H,4,9-10H2,1-3H3,(H2,17,18). The van der Waals surface area contributed by atoms with Gasteiger partial charge in [-0.2, -0.15) is 0 Å². The number of nitrogens with two attached hydrogens (primary N) is 1. The van der Waals surface area contributed by atoms with Crippen molar-refractivity contribution in [1.29, 1.82) is 0 Å². The summed E-state index contributed by atoms with van der Waals surface area (Å²) >= 11 is 0. The predicted molar refractivity (Wildman–Crippen MR) is 76.4 cm³/mol. The van der Waals surface area contributed by atoms with Crippen LogP contribution < -0.4 is 5.73 Å². The quantitative estimate of drug-likeness (QED) is 0.907. The summed E-state index contributed by atoms with van der Waals surface area (Å²) in [4.78, 5) is 6.43. The minimum absolute atomic E-state index is 0.178. The zero-order chi connectivity index (χ0) is 14.0. The molecule has 0 bridgehead atoms. The zero-order valence-corrected chi connectivity index (χ0v) is 11.9. The molecule has 3 nitrogen and oxygen atoms in total. The first-order valence-electron chi connectivity index (χ1n) is 6.84. The van der Waals surface area contributed by atoms with E-state index in [0.717, 1.165) is 13.0 Å². The van der Waals surface area contributed by atoms with Crippen molar-refractivity contribution in [3.63, 3.8) is 0 Å². The van der Waals surface area contributed by atoms with Crippen LogP contribution in [0, 0.1) is 11.7 Å². The van der Waals surface area contributed by atoms with Crippen LogP contribution in [0.25, 0.3) is 0 Å². The molecule has 104 valence electrons. The summed E-state index contributed by atoms with van der Waals surface area (Å²) in [6.07, 6.45) is 0.783. The van der Waals surface area contributed by atoms with Crippen molar-refractivity contribution in [3.05, 3.63) is 35.6 Å². The SMILES string of the molecule is CCC1(c2ccccc2F)CN=C(N)N1CC(C)C. The van der Waals surface area contributed by atoms with Crippen LogP contribution in [0.15, 0.2) is 29.3 Å². The van der Waals surface area contributed by atoms with E-state index >= 15 is 0 Å². The zero-order valence-electron chi connectivity index (χ0n) is 11.9. The van der Waals surface area contributed by atoms with Crippen molar-refractivity contribution in [1.82, 2.24) is 4.90 Å². The number of hydrogen-bond acceptors (Lipinski definition) is 3. The first-order chi connectivity index (χ1) is 9.01. The number of nitrogens with zero attached hydrogens (tertiary/aromatic N) is 2. The van der Waals surface area contributed by atoms with E-state index in [4.69, 9.17) is 5.73 Å². The molecule has 1 atom stereocenters. The Morgan fingerprint density at radius 3 is 2.68 bits per heavy atom. The maximum absolute atomic E-state index is 14.2. The highest BCUT2D eigenvalue weighted by atomic mass is 19.1. The van der Waals surface area contributed by atoms with Gasteiger partial charge in [0.2, 0.25) is 0 Å². The second-order valence-electron chi connectivity index (χ2n) is 5.54. The monoisotopic (exact) mass is 263 g/mol. The lowest BCUT2D eigenvalue weighted by Crippen LogP contribution is -2.50. The van der Waals surface area contributed by atoms with E-state index < -0.39 is 5.54 Å². The second kappa shape index (κ2) is 5.19. The lowest BCUT2D eigenvalue weighted by Gasteiger charge is -2.40. The predicted octanol–water partition coefficient (Wildman–Crippen LogP) is 2.72. The fraction of sp³-hybridized carbons (Fsp3) is 0.533. The van der Waals surface area contributed by atoms with E-state index in [1.165, 1.54) is 6.07 Å². The lowest BCUT2D eigenvalue weighted by atomic mass is 9.85. The highest BCUT2D eigenvalue weighted by Crippen LogP contribution is 2.37. The van der Waals surface area contributed by atoms with Crippen molar-refractivity contribution in [2.24, 2.45) is 16.6 Å². The fourth-order valence-electron chi connectivity index (χ4n) is 2.80. The van der Waals surface area contributed by atoms with Gasteiger partial charge >= 0.3 is 0 Å². The number of halogens is 1.